The van der Waals surface area contributed by atoms with Gasteiger partial charge in [-0.3, -0.25) is 4.99 Å². The molecule has 0 amide bonds. The first-order valence-corrected chi connectivity index (χ1v) is 7.97. The number of rotatable bonds is 4. The van der Waals surface area contributed by atoms with Gasteiger partial charge in [-0.05, 0) is 30.9 Å². The van der Waals surface area contributed by atoms with E-state index in [1.165, 1.54) is 17.7 Å². The average Bonchev–Trinajstić information content (AvgIpc) is 2.44. The van der Waals surface area contributed by atoms with Crippen LogP contribution >= 0.6 is 11.8 Å². The molecule has 1 heterocycles. The van der Waals surface area contributed by atoms with E-state index >= 15 is 0 Å². The molecular formula is C15H23N3S. The van der Waals surface area contributed by atoms with Gasteiger partial charge in [0.2, 0.25) is 0 Å². The Labute approximate surface area is 120 Å². The molecule has 1 atom stereocenters. The van der Waals surface area contributed by atoms with Crippen LogP contribution in [0.4, 0.5) is 0 Å². The van der Waals surface area contributed by atoms with Crippen LogP contribution in [0.5, 0.6) is 0 Å². The molecule has 1 aliphatic heterocycles. The predicted octanol–water partition coefficient (Wildman–Crippen LogP) is 2.83. The smallest absolute Gasteiger partial charge is 0.191 e. The van der Waals surface area contributed by atoms with Gasteiger partial charge >= 0.3 is 0 Å². The van der Waals surface area contributed by atoms with E-state index < -0.39 is 0 Å². The first-order chi connectivity index (χ1) is 9.25. The fourth-order valence-corrected chi connectivity index (χ4v) is 3.11. The zero-order valence-electron chi connectivity index (χ0n) is 11.6. The van der Waals surface area contributed by atoms with E-state index in [0.29, 0.717) is 0 Å². The highest BCUT2D eigenvalue weighted by Crippen LogP contribution is 2.17. The van der Waals surface area contributed by atoms with Gasteiger partial charge in [0.15, 0.2) is 5.96 Å². The number of nitrogens with zero attached hydrogens (tertiary/aromatic N) is 2. The van der Waals surface area contributed by atoms with Gasteiger partial charge in [0.1, 0.15) is 0 Å². The van der Waals surface area contributed by atoms with Gasteiger partial charge in [-0.1, -0.05) is 25.1 Å². The van der Waals surface area contributed by atoms with Gasteiger partial charge in [0.25, 0.3) is 0 Å². The molecule has 2 rings (SSSR count). The highest BCUT2D eigenvalue weighted by atomic mass is 32.2. The van der Waals surface area contributed by atoms with Gasteiger partial charge in [0, 0.05) is 23.7 Å². The minimum absolute atomic E-state index is 0.722. The lowest BCUT2D eigenvalue weighted by molar-refractivity contribution is 0.270. The van der Waals surface area contributed by atoms with Crippen LogP contribution in [0.3, 0.4) is 0 Å². The lowest BCUT2D eigenvalue weighted by atomic mass is 10.0. The lowest BCUT2D eigenvalue weighted by Gasteiger charge is -2.31. The summed E-state index contributed by atoms with van der Waals surface area (Å²) < 4.78 is 0. The Balaban J connectivity index is 1.72. The summed E-state index contributed by atoms with van der Waals surface area (Å²) >= 11 is 1.83. The maximum absolute atomic E-state index is 6.06. The number of hydrogen-bond donors (Lipinski definition) is 1. The summed E-state index contributed by atoms with van der Waals surface area (Å²) in [6, 6.07) is 10.4. The Kier molecular flexibility index (Phi) is 5.58. The third-order valence-electron chi connectivity index (χ3n) is 3.36. The van der Waals surface area contributed by atoms with Crippen molar-refractivity contribution in [2.24, 2.45) is 16.6 Å². The van der Waals surface area contributed by atoms with E-state index in [4.69, 9.17) is 5.73 Å². The number of nitrogens with two attached hydrogens (primary N) is 1. The van der Waals surface area contributed by atoms with Crippen molar-refractivity contribution in [1.82, 2.24) is 4.90 Å². The molecule has 0 aliphatic carbocycles. The molecule has 1 aliphatic rings. The zero-order valence-corrected chi connectivity index (χ0v) is 12.4. The highest BCUT2D eigenvalue weighted by Gasteiger charge is 2.17. The maximum atomic E-state index is 6.06. The fraction of sp³-hybridized carbons (Fsp3) is 0.533. The predicted molar refractivity (Wildman–Crippen MR) is 83.6 cm³/mol. The average molecular weight is 277 g/mol. The number of benzene rings is 1. The van der Waals surface area contributed by atoms with Crippen molar-refractivity contribution in [2.45, 2.75) is 24.7 Å². The van der Waals surface area contributed by atoms with Crippen LogP contribution in [0.25, 0.3) is 0 Å². The molecule has 1 unspecified atom stereocenters. The molecule has 0 saturated carbocycles. The standard InChI is InChI=1S/C15H23N3S/c1-13-6-5-10-18(12-13)15(16)17-9-11-19-14-7-3-2-4-8-14/h2-4,7-8,13H,5-6,9-12H2,1H3,(H2,16,17). The van der Waals surface area contributed by atoms with Crippen molar-refractivity contribution >= 4 is 17.7 Å². The number of guanidine groups is 1. The number of hydrogen-bond acceptors (Lipinski definition) is 2. The van der Waals surface area contributed by atoms with Crippen molar-refractivity contribution in [1.29, 1.82) is 0 Å². The van der Waals surface area contributed by atoms with Crippen LogP contribution in [0.1, 0.15) is 19.8 Å². The molecule has 1 aromatic rings. The summed E-state index contributed by atoms with van der Waals surface area (Å²) in [4.78, 5) is 8.01. The SMILES string of the molecule is CC1CCCN(C(N)=NCCSc2ccccc2)C1. The molecule has 2 N–H and O–H groups in total. The second kappa shape index (κ2) is 7.43. The minimum Gasteiger partial charge on any atom is -0.370 e. The molecule has 1 fully saturated rings. The van der Waals surface area contributed by atoms with Gasteiger partial charge in [-0.2, -0.15) is 0 Å². The monoisotopic (exact) mass is 277 g/mol. The van der Waals surface area contributed by atoms with E-state index in [1.807, 2.05) is 17.8 Å². The van der Waals surface area contributed by atoms with E-state index in [2.05, 4.69) is 41.1 Å². The highest BCUT2D eigenvalue weighted by molar-refractivity contribution is 7.99. The van der Waals surface area contributed by atoms with Crippen molar-refractivity contribution in [3.05, 3.63) is 30.3 Å². The molecular weight excluding hydrogens is 254 g/mol. The van der Waals surface area contributed by atoms with E-state index in [0.717, 1.165) is 37.3 Å². The van der Waals surface area contributed by atoms with E-state index in [1.54, 1.807) is 0 Å². The minimum atomic E-state index is 0.722. The van der Waals surface area contributed by atoms with E-state index in [-0.39, 0.29) is 0 Å². The van der Waals surface area contributed by atoms with Crippen molar-refractivity contribution in [3.8, 4) is 0 Å². The second-order valence-electron chi connectivity index (χ2n) is 5.09. The zero-order chi connectivity index (χ0) is 13.5. The Morgan fingerprint density at radius 1 is 1.42 bits per heavy atom. The summed E-state index contributed by atoms with van der Waals surface area (Å²) in [7, 11) is 0. The van der Waals surface area contributed by atoms with Crippen LogP contribution in [0, 0.1) is 5.92 Å². The Bertz CT molecular complexity index is 405. The van der Waals surface area contributed by atoms with Crippen molar-refractivity contribution in [3.63, 3.8) is 0 Å². The van der Waals surface area contributed by atoms with Crippen LogP contribution in [-0.4, -0.2) is 36.2 Å². The number of aliphatic imine (C=N–C) groups is 1. The third-order valence-corrected chi connectivity index (χ3v) is 4.35. The molecule has 0 radical (unpaired) electrons. The molecule has 0 bridgehead atoms. The van der Waals surface area contributed by atoms with Gasteiger partial charge in [-0.15, -0.1) is 11.8 Å². The maximum Gasteiger partial charge on any atom is 0.191 e. The van der Waals surface area contributed by atoms with Crippen LogP contribution in [0.15, 0.2) is 40.2 Å². The third kappa shape index (κ3) is 4.78. The normalized spacial score (nSPS) is 20.6. The van der Waals surface area contributed by atoms with Gasteiger partial charge < -0.3 is 10.6 Å². The number of thioether (sulfide) groups is 1. The van der Waals surface area contributed by atoms with Gasteiger partial charge in [-0.25, -0.2) is 0 Å². The molecule has 1 saturated heterocycles. The molecule has 0 aromatic heterocycles. The molecule has 1 aromatic carbocycles. The first kappa shape index (κ1) is 14.3. The van der Waals surface area contributed by atoms with Crippen molar-refractivity contribution < 1.29 is 0 Å². The second-order valence-corrected chi connectivity index (χ2v) is 6.26. The fourth-order valence-electron chi connectivity index (χ4n) is 2.34. The molecule has 3 nitrogen and oxygen atoms in total. The van der Waals surface area contributed by atoms with Crippen molar-refractivity contribution in [2.75, 3.05) is 25.4 Å². The first-order valence-electron chi connectivity index (χ1n) is 6.98. The summed E-state index contributed by atoms with van der Waals surface area (Å²) in [6.07, 6.45) is 2.55. The molecule has 4 heteroatoms. The Hall–Kier alpha value is -1.16. The van der Waals surface area contributed by atoms with Crippen LogP contribution in [0.2, 0.25) is 0 Å². The summed E-state index contributed by atoms with van der Waals surface area (Å²) in [6.45, 7) is 5.19. The Morgan fingerprint density at radius 3 is 2.95 bits per heavy atom. The summed E-state index contributed by atoms with van der Waals surface area (Å²) in [5.41, 5.74) is 6.06. The van der Waals surface area contributed by atoms with Crippen LogP contribution in [-0.2, 0) is 0 Å². The number of likely N-dealkylation sites (tertiary alicyclic amines) is 1. The summed E-state index contributed by atoms with van der Waals surface area (Å²) in [5.74, 6) is 2.44. The lowest BCUT2D eigenvalue weighted by Crippen LogP contribution is -2.43. The molecule has 0 spiro atoms. The Morgan fingerprint density at radius 2 is 2.21 bits per heavy atom. The quantitative estimate of drug-likeness (QED) is 0.398. The topological polar surface area (TPSA) is 41.6 Å². The largest absolute Gasteiger partial charge is 0.370 e. The summed E-state index contributed by atoms with van der Waals surface area (Å²) in [5, 5.41) is 0. The van der Waals surface area contributed by atoms with Gasteiger partial charge in [0.05, 0.1) is 6.54 Å². The number of piperidine rings is 1. The molecule has 104 valence electrons. The van der Waals surface area contributed by atoms with Crippen LogP contribution < -0.4 is 5.73 Å². The molecule has 19 heavy (non-hydrogen) atoms. The van der Waals surface area contributed by atoms with E-state index in [9.17, 15) is 0 Å².